The second-order valence-electron chi connectivity index (χ2n) is 28.9. The lowest BCUT2D eigenvalue weighted by atomic mass is 9.66. The topological polar surface area (TPSA) is 307 Å². The van der Waals surface area contributed by atoms with Crippen LogP contribution in [0.2, 0.25) is 0 Å². The first kappa shape index (κ1) is 100. The minimum absolute atomic E-state index is 0.0778. The molecule has 0 heterocycles. The van der Waals surface area contributed by atoms with Gasteiger partial charge in [0.25, 0.3) is 0 Å². The Bertz CT molecular complexity index is 4370. The summed E-state index contributed by atoms with van der Waals surface area (Å²) in [5.74, 6) is 0.180. The molecule has 0 bridgehead atoms. The zero-order chi connectivity index (χ0) is 88.3. The first-order valence-electron chi connectivity index (χ1n) is 43.0. The van der Waals surface area contributed by atoms with Crippen LogP contribution in [-0.2, 0) is 120 Å². The summed E-state index contributed by atoms with van der Waals surface area (Å²) >= 11 is 0. The Morgan fingerprint density at radius 1 is 0.280 bits per heavy atom. The van der Waals surface area contributed by atoms with E-state index in [1.165, 1.54) is 0 Å². The molecule has 1 atom stereocenters. The van der Waals surface area contributed by atoms with Gasteiger partial charge in [0.15, 0.2) is 11.5 Å². The van der Waals surface area contributed by atoms with Gasteiger partial charge >= 0.3 is 11.9 Å². The van der Waals surface area contributed by atoms with Gasteiger partial charge in [-0.3, -0.25) is 0 Å². The number of aliphatic hydroxyl groups excluding tert-OH is 3. The number of hydrogen-bond donors (Lipinski definition) is 3. The average Bonchev–Trinajstić information content (AvgIpc) is 1.54. The van der Waals surface area contributed by atoms with Gasteiger partial charge in [0.2, 0.25) is 0 Å². The number of ether oxygens (including phenoxy) is 23. The largest absolute Gasteiger partial charge is 0.490 e. The lowest BCUT2D eigenvalue weighted by Gasteiger charge is -2.35. The highest BCUT2D eigenvalue weighted by molar-refractivity contribution is 6.09. The van der Waals surface area contributed by atoms with Gasteiger partial charge in [-0.15, -0.1) is 0 Å². The fourth-order valence-corrected chi connectivity index (χ4v) is 14.3. The van der Waals surface area contributed by atoms with Crippen molar-refractivity contribution in [2.75, 3.05) is 272 Å². The molecule has 125 heavy (non-hydrogen) atoms. The van der Waals surface area contributed by atoms with Crippen LogP contribution in [0.3, 0.4) is 0 Å². The van der Waals surface area contributed by atoms with Crippen LogP contribution in [0.25, 0.3) is 55.3 Å². The van der Waals surface area contributed by atoms with Crippen molar-refractivity contribution >= 4 is 22.7 Å². The first-order valence-corrected chi connectivity index (χ1v) is 43.0. The average molecular weight is 1740 g/mol. The summed E-state index contributed by atoms with van der Waals surface area (Å²) in [5, 5.41) is 29.4. The summed E-state index contributed by atoms with van der Waals surface area (Å²) in [6, 6.07) is 45.9. The molecular formula is C97H128O28. The number of carbonyl (C=O) groups is 2. The second-order valence-corrected chi connectivity index (χ2v) is 28.9. The minimum Gasteiger partial charge on any atom is -0.490 e. The number of aryl methyl sites for hydroxylation is 2. The number of fused-ring (bicyclic) bond motifs is 4. The number of benzene rings is 8. The van der Waals surface area contributed by atoms with E-state index in [0.717, 1.165) is 94.2 Å². The van der Waals surface area contributed by atoms with Crippen molar-refractivity contribution in [2.45, 2.75) is 52.9 Å². The second kappa shape index (κ2) is 58.1. The predicted molar refractivity (Wildman–Crippen MR) is 471 cm³/mol. The summed E-state index contributed by atoms with van der Waals surface area (Å²) in [4.78, 5) is 28.8. The maximum atomic E-state index is 14.4. The zero-order valence-corrected chi connectivity index (χ0v) is 73.7. The van der Waals surface area contributed by atoms with E-state index in [0.29, 0.717) is 159 Å². The molecule has 28 heteroatoms. The summed E-state index contributed by atoms with van der Waals surface area (Å²) in [6.07, 6.45) is 0. The van der Waals surface area contributed by atoms with Crippen LogP contribution in [0.15, 0.2) is 133 Å². The summed E-state index contributed by atoms with van der Waals surface area (Å²) < 4.78 is 135. The molecule has 1 aliphatic carbocycles. The van der Waals surface area contributed by atoms with Gasteiger partial charge in [0.05, 0.1) is 262 Å². The van der Waals surface area contributed by atoms with Crippen LogP contribution in [0.5, 0.6) is 17.2 Å². The molecule has 0 spiro atoms. The van der Waals surface area contributed by atoms with Crippen molar-refractivity contribution in [3.8, 4) is 61.8 Å². The van der Waals surface area contributed by atoms with E-state index in [-0.39, 0.29) is 151 Å². The predicted octanol–water partition coefficient (Wildman–Crippen LogP) is 12.0. The molecule has 1 aliphatic rings. The fraction of sp³-hybridized carbons (Fsp3) is 0.505. The Morgan fingerprint density at radius 2 is 0.656 bits per heavy atom. The highest BCUT2D eigenvalue weighted by atomic mass is 16.6. The third kappa shape index (κ3) is 31.5. The van der Waals surface area contributed by atoms with Crippen molar-refractivity contribution in [1.82, 2.24) is 0 Å². The van der Waals surface area contributed by atoms with Crippen LogP contribution >= 0.6 is 0 Å². The smallest absolute Gasteiger partial charge is 0.341 e. The quantitative estimate of drug-likeness (QED) is 0.0236. The third-order valence-corrected chi connectivity index (χ3v) is 20.1. The van der Waals surface area contributed by atoms with E-state index in [1.807, 2.05) is 43.3 Å². The summed E-state index contributed by atoms with van der Waals surface area (Å²) in [5.41, 5.74) is 14.0. The molecule has 0 saturated carbocycles. The Kier molecular flexibility index (Phi) is 46.6. The molecule has 0 saturated heterocycles. The maximum Gasteiger partial charge on any atom is 0.341 e. The van der Waals surface area contributed by atoms with E-state index in [1.54, 1.807) is 41.2 Å². The van der Waals surface area contributed by atoms with Gasteiger partial charge in [-0.05, 0) is 176 Å². The molecule has 0 amide bonds. The number of rotatable bonds is 69. The molecule has 684 valence electrons. The van der Waals surface area contributed by atoms with E-state index >= 15 is 0 Å². The van der Waals surface area contributed by atoms with Gasteiger partial charge in [0, 0.05) is 21.3 Å². The number of hydrogen-bond acceptors (Lipinski definition) is 28. The normalized spacial score (nSPS) is 12.9. The van der Waals surface area contributed by atoms with Gasteiger partial charge in [-0.1, -0.05) is 90.5 Å². The van der Waals surface area contributed by atoms with Crippen molar-refractivity contribution in [1.29, 1.82) is 0 Å². The standard InChI is InChI=1S/C97H128O28/c1-8-121-95(101)86-62-74(11-12-77(86)69-119-50-47-113-38-35-107-26-23-99)84-58-72(4)59-87-85(75-15-20-92(89(63-75)96(102)122-9-2)123-55-52-115-43-40-109-31-28-103-5)64-78(65-88(84)87)73-14-19-83-82-18-10-71(3)60-90(82)97(91(83)66-73,80-16-13-76(68-118-49-46-112-37-34-106-25-22-98)79(61-80)70-120-51-48-114-39-36-108-27-24-100)81-17-21-93(124-56-53-116-44-41-110-32-29-104-6)94(67-81)125-57-54-117-45-42-111-33-30-105-7/h10-21,58-67,98-100H,8-9,22-57,68-70H2,1-7H3. The highest BCUT2D eigenvalue weighted by Crippen LogP contribution is 2.58. The monoisotopic (exact) mass is 1740 g/mol. The summed E-state index contributed by atoms with van der Waals surface area (Å²) in [6.45, 7) is 18.5. The molecule has 1 unspecified atom stereocenters. The van der Waals surface area contributed by atoms with Crippen LogP contribution in [0.4, 0.5) is 0 Å². The molecule has 8 aromatic carbocycles. The molecule has 0 radical (unpaired) electrons. The number of aliphatic hydroxyl groups is 3. The van der Waals surface area contributed by atoms with E-state index < -0.39 is 17.4 Å². The third-order valence-electron chi connectivity index (χ3n) is 20.1. The lowest BCUT2D eigenvalue weighted by molar-refractivity contribution is 0.00160. The minimum atomic E-state index is -1.16. The molecule has 0 aromatic heterocycles. The van der Waals surface area contributed by atoms with E-state index in [9.17, 15) is 19.8 Å². The van der Waals surface area contributed by atoms with E-state index in [4.69, 9.17) is 114 Å². The van der Waals surface area contributed by atoms with Crippen LogP contribution in [0, 0.1) is 13.8 Å². The molecule has 28 nitrogen and oxygen atoms in total. The van der Waals surface area contributed by atoms with Crippen molar-refractivity contribution in [3.05, 3.63) is 195 Å². The number of methoxy groups -OCH3 is 3. The zero-order valence-electron chi connectivity index (χ0n) is 73.7. The molecule has 8 aromatic rings. The lowest BCUT2D eigenvalue weighted by Crippen LogP contribution is -2.29. The molecular weight excluding hydrogens is 1610 g/mol. The summed E-state index contributed by atoms with van der Waals surface area (Å²) in [7, 11) is 4.88. The first-order chi connectivity index (χ1) is 61.5. The number of esters is 2. The molecule has 3 N–H and O–H groups in total. The number of carbonyl (C=O) groups excluding carboxylic acids is 2. The van der Waals surface area contributed by atoms with Gasteiger partial charge in [0.1, 0.15) is 31.1 Å². The van der Waals surface area contributed by atoms with Crippen molar-refractivity contribution in [2.24, 2.45) is 0 Å². The van der Waals surface area contributed by atoms with Crippen LogP contribution < -0.4 is 14.2 Å². The van der Waals surface area contributed by atoms with Crippen molar-refractivity contribution < 1.29 is 134 Å². The molecule has 9 rings (SSSR count). The maximum absolute atomic E-state index is 14.4. The fourth-order valence-electron chi connectivity index (χ4n) is 14.3. The highest BCUT2D eigenvalue weighted by Gasteiger charge is 2.47. The Labute approximate surface area is 734 Å². The van der Waals surface area contributed by atoms with E-state index in [2.05, 4.69) is 97.9 Å². The molecule has 0 aliphatic heterocycles. The van der Waals surface area contributed by atoms with Gasteiger partial charge < -0.3 is 124 Å². The van der Waals surface area contributed by atoms with Crippen molar-refractivity contribution in [3.63, 3.8) is 0 Å². The Balaban J connectivity index is 1.26. The Hall–Kier alpha value is -8.48. The Morgan fingerprint density at radius 3 is 1.17 bits per heavy atom. The van der Waals surface area contributed by atoms with Gasteiger partial charge in [-0.25, -0.2) is 9.59 Å². The van der Waals surface area contributed by atoms with Crippen LogP contribution in [0.1, 0.15) is 84.6 Å². The van der Waals surface area contributed by atoms with Gasteiger partial charge in [-0.2, -0.15) is 0 Å². The molecule has 0 fully saturated rings. The van der Waals surface area contributed by atoms with Crippen LogP contribution in [-0.4, -0.2) is 300 Å². The SMILES string of the molecule is CCOC(=O)c1cc(-c2cc(C)cc3c(-c4ccc(OCCOCCOCCOC)c(C(=O)OCC)c4)cc(-c4ccc5c(c4)C(c4ccc(COCCOCCOCCO)c(COCCOCCOCCO)c4)(c4ccc(OCCOCCOCCOC)c(OCCOCCOCCOC)c4)c4cc(C)ccc4-5)cc23)ccc1COCCOCCOCCO.